The van der Waals surface area contributed by atoms with Crippen molar-refractivity contribution in [2.24, 2.45) is 5.41 Å². The molecule has 1 aromatic heterocycles. The second-order valence-corrected chi connectivity index (χ2v) is 6.20. The summed E-state index contributed by atoms with van der Waals surface area (Å²) in [5.41, 5.74) is 0.638. The van der Waals surface area contributed by atoms with Gasteiger partial charge >= 0.3 is 0 Å². The van der Waals surface area contributed by atoms with Crippen LogP contribution in [0.4, 0.5) is 5.13 Å². The molecule has 0 radical (unpaired) electrons. The Kier molecular flexibility index (Phi) is 2.38. The highest BCUT2D eigenvalue weighted by Crippen LogP contribution is 2.53. The van der Waals surface area contributed by atoms with Gasteiger partial charge in [-0.15, -0.1) is 11.6 Å². The van der Waals surface area contributed by atoms with E-state index in [1.54, 1.807) is 11.3 Å². The van der Waals surface area contributed by atoms with Crippen LogP contribution in [0, 0.1) is 5.41 Å². The third kappa shape index (κ3) is 1.75. The van der Waals surface area contributed by atoms with Crippen LogP contribution in [0.15, 0.2) is 0 Å². The van der Waals surface area contributed by atoms with Crippen molar-refractivity contribution in [3.63, 3.8) is 0 Å². The monoisotopic (exact) mass is 262 g/mol. The van der Waals surface area contributed by atoms with Gasteiger partial charge in [0.2, 0.25) is 0 Å². The molecule has 1 aliphatic carbocycles. The van der Waals surface area contributed by atoms with Gasteiger partial charge in [0.25, 0.3) is 0 Å². The number of hydrogen-bond acceptors (Lipinski definition) is 3. The van der Waals surface area contributed by atoms with Crippen LogP contribution in [-0.4, -0.2) is 18.1 Å². The summed E-state index contributed by atoms with van der Waals surface area (Å²) in [6.07, 6.45) is 4.11. The van der Waals surface area contributed by atoms with E-state index in [1.165, 1.54) is 25.8 Å². The Hall–Kier alpha value is 0.01000. The largest absolute Gasteiger partial charge is 0.347 e. The number of halogens is 2. The molecule has 5 heteroatoms. The van der Waals surface area contributed by atoms with Crippen molar-refractivity contribution >= 4 is 39.7 Å². The Morgan fingerprint density at radius 1 is 1.40 bits per heavy atom. The maximum atomic E-state index is 6.00. The summed E-state index contributed by atoms with van der Waals surface area (Å²) in [5, 5.41) is 1.64. The Balaban J connectivity index is 1.81. The lowest BCUT2D eigenvalue weighted by Gasteiger charge is -2.13. The topological polar surface area (TPSA) is 16.1 Å². The molecule has 1 aromatic rings. The van der Waals surface area contributed by atoms with Gasteiger partial charge in [-0.2, -0.15) is 0 Å². The number of aromatic nitrogens is 1. The van der Waals surface area contributed by atoms with Crippen molar-refractivity contribution in [2.75, 3.05) is 18.0 Å². The maximum absolute atomic E-state index is 6.00. The zero-order valence-corrected chi connectivity index (χ0v) is 10.6. The molecule has 0 amide bonds. The third-order valence-corrected chi connectivity index (χ3v) is 5.39. The molecule has 1 aliphatic heterocycles. The van der Waals surface area contributed by atoms with E-state index >= 15 is 0 Å². The van der Waals surface area contributed by atoms with Gasteiger partial charge in [0.15, 0.2) is 5.13 Å². The molecular weight excluding hydrogens is 251 g/mol. The summed E-state index contributed by atoms with van der Waals surface area (Å²) in [7, 11) is 0. The van der Waals surface area contributed by atoms with Crippen LogP contribution in [0.3, 0.4) is 0 Å². The number of thiazole rings is 1. The Morgan fingerprint density at radius 3 is 2.73 bits per heavy atom. The first kappa shape index (κ1) is 10.2. The van der Waals surface area contributed by atoms with Crippen LogP contribution in [0.1, 0.15) is 24.1 Å². The second kappa shape index (κ2) is 3.51. The summed E-state index contributed by atoms with van der Waals surface area (Å²) in [4.78, 5) is 7.73. The molecule has 15 heavy (non-hydrogen) atoms. The van der Waals surface area contributed by atoms with Crippen LogP contribution >= 0.6 is 34.5 Å². The first-order chi connectivity index (χ1) is 7.22. The van der Waals surface area contributed by atoms with Crippen LogP contribution in [0.25, 0.3) is 0 Å². The molecule has 2 heterocycles. The van der Waals surface area contributed by atoms with E-state index in [4.69, 9.17) is 23.2 Å². The van der Waals surface area contributed by atoms with E-state index in [0.717, 1.165) is 16.6 Å². The molecule has 0 unspecified atom stereocenters. The lowest BCUT2D eigenvalue weighted by molar-refractivity contribution is 0.581. The van der Waals surface area contributed by atoms with E-state index in [-0.39, 0.29) is 0 Å². The maximum Gasteiger partial charge on any atom is 0.187 e. The van der Waals surface area contributed by atoms with Crippen LogP contribution < -0.4 is 4.90 Å². The predicted molar refractivity (Wildman–Crippen MR) is 65.2 cm³/mol. The van der Waals surface area contributed by atoms with Crippen molar-refractivity contribution in [3.8, 4) is 0 Å². The fraction of sp³-hybridized carbons (Fsp3) is 0.700. The summed E-state index contributed by atoms with van der Waals surface area (Å²) in [5.74, 6) is 0.468. The van der Waals surface area contributed by atoms with Crippen molar-refractivity contribution < 1.29 is 0 Å². The first-order valence-electron chi connectivity index (χ1n) is 5.19. The molecule has 0 bridgehead atoms. The lowest BCUT2D eigenvalue weighted by Crippen LogP contribution is -2.19. The minimum absolute atomic E-state index is 0.468. The molecule has 2 nitrogen and oxygen atoms in total. The van der Waals surface area contributed by atoms with Crippen molar-refractivity contribution in [2.45, 2.75) is 25.1 Å². The van der Waals surface area contributed by atoms with Gasteiger partial charge in [0.05, 0.1) is 10.8 Å². The van der Waals surface area contributed by atoms with Crippen LogP contribution in [0.5, 0.6) is 0 Å². The summed E-state index contributed by atoms with van der Waals surface area (Å²) >= 11 is 13.4. The summed E-state index contributed by atoms with van der Waals surface area (Å²) in [6, 6.07) is 0. The van der Waals surface area contributed by atoms with Gasteiger partial charge in [-0.05, 0) is 24.7 Å². The number of anilines is 1. The van der Waals surface area contributed by atoms with Gasteiger partial charge in [0, 0.05) is 13.1 Å². The zero-order valence-electron chi connectivity index (χ0n) is 8.30. The van der Waals surface area contributed by atoms with E-state index in [2.05, 4.69) is 9.88 Å². The van der Waals surface area contributed by atoms with E-state index in [9.17, 15) is 0 Å². The minimum atomic E-state index is 0.468. The minimum Gasteiger partial charge on any atom is -0.347 e. The molecule has 1 spiro atoms. The molecule has 82 valence electrons. The van der Waals surface area contributed by atoms with E-state index < -0.39 is 0 Å². The fourth-order valence-electron chi connectivity index (χ4n) is 2.22. The molecule has 0 atom stereocenters. The van der Waals surface area contributed by atoms with Crippen LogP contribution in [0.2, 0.25) is 5.15 Å². The van der Waals surface area contributed by atoms with Crippen molar-refractivity contribution in [1.82, 2.24) is 4.98 Å². The summed E-state index contributed by atoms with van der Waals surface area (Å²) < 4.78 is 0. The standard InChI is InChI=1S/C10H12Cl2N2S/c11-5-7-8(12)13-9(15-7)14-4-3-10(6-14)1-2-10/h1-6H2. The number of nitrogens with zero attached hydrogens (tertiary/aromatic N) is 2. The average Bonchev–Trinajstić information content (AvgIpc) is 2.69. The van der Waals surface area contributed by atoms with Gasteiger partial charge < -0.3 is 4.90 Å². The van der Waals surface area contributed by atoms with E-state index in [1.807, 2.05) is 0 Å². The number of alkyl halides is 1. The third-order valence-electron chi connectivity index (χ3n) is 3.43. The van der Waals surface area contributed by atoms with Crippen LogP contribution in [-0.2, 0) is 5.88 Å². The Morgan fingerprint density at radius 2 is 2.20 bits per heavy atom. The van der Waals surface area contributed by atoms with Gasteiger partial charge in [-0.3, -0.25) is 0 Å². The molecule has 2 aliphatic rings. The van der Waals surface area contributed by atoms with Crippen molar-refractivity contribution in [1.29, 1.82) is 0 Å². The highest BCUT2D eigenvalue weighted by atomic mass is 35.5. The van der Waals surface area contributed by atoms with Gasteiger partial charge in [-0.25, -0.2) is 4.98 Å². The quantitative estimate of drug-likeness (QED) is 0.759. The van der Waals surface area contributed by atoms with E-state index in [0.29, 0.717) is 16.4 Å². The SMILES string of the molecule is ClCc1sc(N2CCC3(CC3)C2)nc1Cl. The zero-order chi connectivity index (χ0) is 10.5. The number of rotatable bonds is 2. The predicted octanol–water partition coefficient (Wildman–Crippen LogP) is 3.53. The molecule has 3 rings (SSSR count). The molecule has 0 aromatic carbocycles. The molecular formula is C10H12Cl2N2S. The number of hydrogen-bond donors (Lipinski definition) is 0. The molecule has 1 saturated heterocycles. The summed E-state index contributed by atoms with van der Waals surface area (Å²) in [6.45, 7) is 2.30. The average molecular weight is 263 g/mol. The fourth-order valence-corrected chi connectivity index (χ4v) is 3.72. The Labute approximate surface area is 103 Å². The molecule has 1 saturated carbocycles. The van der Waals surface area contributed by atoms with Gasteiger partial charge in [-0.1, -0.05) is 22.9 Å². The molecule has 0 N–H and O–H groups in total. The second-order valence-electron chi connectivity index (χ2n) is 4.52. The Bertz CT molecular complexity index is 387. The molecule has 2 fully saturated rings. The first-order valence-corrected chi connectivity index (χ1v) is 6.91. The normalized spacial score (nSPS) is 22.7. The lowest BCUT2D eigenvalue weighted by atomic mass is 10.1. The van der Waals surface area contributed by atoms with Gasteiger partial charge in [0.1, 0.15) is 5.15 Å². The highest BCUT2D eigenvalue weighted by molar-refractivity contribution is 7.16. The highest BCUT2D eigenvalue weighted by Gasteiger charge is 2.48. The van der Waals surface area contributed by atoms with Crippen molar-refractivity contribution in [3.05, 3.63) is 10.0 Å². The smallest absolute Gasteiger partial charge is 0.187 e.